The summed E-state index contributed by atoms with van der Waals surface area (Å²) in [5, 5.41) is -0.0803. The Kier molecular flexibility index (Phi) is 16.9. The second kappa shape index (κ2) is 16.0. The van der Waals surface area contributed by atoms with Crippen molar-refractivity contribution in [3.63, 3.8) is 0 Å². The Balaban J connectivity index is 0. The van der Waals surface area contributed by atoms with E-state index in [-0.39, 0.29) is 5.57 Å². The van der Waals surface area contributed by atoms with Gasteiger partial charge in [-0.15, -0.1) is 0 Å². The Morgan fingerprint density at radius 3 is 2.09 bits per heavy atom. The number of nitrogens with two attached hydrogens (primary N) is 1. The molecular weight excluding hydrogens is 342 g/mol. The fourth-order valence-electron chi connectivity index (χ4n) is 1.67. The molecule has 23 heavy (non-hydrogen) atoms. The SMILES string of the molecule is CCN(CC)C(=S)OCCCCCCC(C)=C(F)F.NC(=O)S. The number of halogens is 2. The first-order valence-electron chi connectivity index (χ1n) is 7.67. The van der Waals surface area contributed by atoms with Gasteiger partial charge in [0.25, 0.3) is 16.5 Å². The van der Waals surface area contributed by atoms with Gasteiger partial charge < -0.3 is 15.4 Å². The molecule has 0 saturated carbocycles. The summed E-state index contributed by atoms with van der Waals surface area (Å²) in [6.07, 6.45) is 2.62. The molecule has 0 fully saturated rings. The third-order valence-corrected chi connectivity index (χ3v) is 3.39. The number of unbranched alkanes of at least 4 members (excludes halogenated alkanes) is 3. The Morgan fingerprint density at radius 1 is 1.17 bits per heavy atom. The third-order valence-electron chi connectivity index (χ3n) is 3.02. The van der Waals surface area contributed by atoms with Gasteiger partial charge in [-0.2, -0.15) is 8.78 Å². The average Bonchev–Trinajstić information content (AvgIpc) is 2.46. The minimum atomic E-state index is -1.53. The molecular formula is C15H28F2N2O2S2. The second-order valence-corrected chi connectivity index (χ2v) is 5.62. The van der Waals surface area contributed by atoms with Gasteiger partial charge in [0.2, 0.25) is 0 Å². The number of carbonyl (C=O) groups excluding carboxylic acids is 1. The van der Waals surface area contributed by atoms with Crippen LogP contribution in [0.15, 0.2) is 11.7 Å². The number of hydrogen-bond acceptors (Lipinski definition) is 3. The molecule has 0 bridgehead atoms. The maximum Gasteiger partial charge on any atom is 0.273 e. The highest BCUT2D eigenvalue weighted by Crippen LogP contribution is 2.15. The van der Waals surface area contributed by atoms with Gasteiger partial charge in [-0.25, -0.2) is 0 Å². The van der Waals surface area contributed by atoms with Crippen molar-refractivity contribution in [2.45, 2.75) is 52.9 Å². The normalized spacial score (nSPS) is 9.48. The van der Waals surface area contributed by atoms with Crippen LogP contribution in [-0.2, 0) is 4.74 Å². The number of amides is 1. The molecule has 0 aromatic carbocycles. The van der Waals surface area contributed by atoms with Crippen LogP contribution in [0.25, 0.3) is 0 Å². The van der Waals surface area contributed by atoms with Crippen molar-refractivity contribution in [2.75, 3.05) is 19.7 Å². The van der Waals surface area contributed by atoms with Gasteiger partial charge in [-0.1, -0.05) is 25.5 Å². The highest BCUT2D eigenvalue weighted by Gasteiger charge is 2.05. The van der Waals surface area contributed by atoms with E-state index in [9.17, 15) is 8.78 Å². The van der Waals surface area contributed by atoms with E-state index in [1.54, 1.807) is 0 Å². The molecule has 8 heteroatoms. The molecule has 1 amide bonds. The van der Waals surface area contributed by atoms with Crippen LogP contribution in [-0.4, -0.2) is 35.0 Å². The van der Waals surface area contributed by atoms with Crippen LogP contribution < -0.4 is 5.73 Å². The van der Waals surface area contributed by atoms with Crippen molar-refractivity contribution < 1.29 is 18.3 Å². The molecule has 0 aromatic heterocycles. The van der Waals surface area contributed by atoms with E-state index in [0.717, 1.165) is 38.8 Å². The van der Waals surface area contributed by atoms with Gasteiger partial charge in [0, 0.05) is 13.1 Å². The summed E-state index contributed by atoms with van der Waals surface area (Å²) >= 11 is 8.26. The summed E-state index contributed by atoms with van der Waals surface area (Å²) in [5.41, 5.74) is 4.54. The maximum absolute atomic E-state index is 12.1. The Labute approximate surface area is 148 Å². The zero-order valence-electron chi connectivity index (χ0n) is 14.1. The summed E-state index contributed by atoms with van der Waals surface area (Å²) < 4.78 is 29.7. The largest absolute Gasteiger partial charge is 0.471 e. The van der Waals surface area contributed by atoms with E-state index in [1.165, 1.54) is 6.92 Å². The van der Waals surface area contributed by atoms with Crippen LogP contribution in [0.2, 0.25) is 0 Å². The number of thiocarbonyl (C=S) groups is 1. The summed E-state index contributed by atoms with van der Waals surface area (Å²) in [6, 6.07) is 0. The lowest BCUT2D eigenvalue weighted by Crippen LogP contribution is -2.31. The predicted molar refractivity (Wildman–Crippen MR) is 98.0 cm³/mol. The first-order valence-corrected chi connectivity index (χ1v) is 8.52. The standard InChI is InChI=1S/C14H25F2NOS.CH3NOS/c1-4-17(5-2)14(19)18-11-9-7-6-8-10-12(3)13(15)16;2-1(3)4/h4-11H2,1-3H3;(H3,2,3,4). The van der Waals surface area contributed by atoms with E-state index < -0.39 is 11.3 Å². The first-order chi connectivity index (χ1) is 10.8. The fraction of sp³-hybridized carbons (Fsp3) is 0.733. The van der Waals surface area contributed by atoms with Crippen molar-refractivity contribution in [1.82, 2.24) is 4.90 Å². The van der Waals surface area contributed by atoms with Crippen LogP contribution in [0.3, 0.4) is 0 Å². The van der Waals surface area contributed by atoms with Crippen LogP contribution in [0.5, 0.6) is 0 Å². The molecule has 0 aromatic rings. The molecule has 0 aliphatic heterocycles. The minimum Gasteiger partial charge on any atom is -0.471 e. The molecule has 0 rings (SSSR count). The molecule has 0 unspecified atom stereocenters. The second-order valence-electron chi connectivity index (χ2n) is 4.83. The van der Waals surface area contributed by atoms with E-state index in [4.69, 9.17) is 21.7 Å². The molecule has 0 heterocycles. The zero-order chi connectivity index (χ0) is 18.3. The number of nitrogens with zero attached hydrogens (tertiary/aromatic N) is 1. The lowest BCUT2D eigenvalue weighted by molar-refractivity contribution is 0.242. The molecule has 0 aliphatic carbocycles. The van der Waals surface area contributed by atoms with Crippen molar-refractivity contribution >= 4 is 35.3 Å². The fourth-order valence-corrected chi connectivity index (χ4v) is 2.01. The summed E-state index contributed by atoms with van der Waals surface area (Å²) in [6.45, 7) is 7.89. The number of allylic oxidation sites excluding steroid dienone is 1. The lowest BCUT2D eigenvalue weighted by atomic mass is 10.1. The van der Waals surface area contributed by atoms with Crippen LogP contribution in [0.4, 0.5) is 13.6 Å². The van der Waals surface area contributed by atoms with Gasteiger partial charge in [0.15, 0.2) is 0 Å². The van der Waals surface area contributed by atoms with Crippen molar-refractivity contribution in [3.8, 4) is 0 Å². The molecule has 0 aliphatic rings. The maximum atomic E-state index is 12.1. The topological polar surface area (TPSA) is 55.6 Å². The summed E-state index contributed by atoms with van der Waals surface area (Å²) in [7, 11) is 0. The van der Waals surface area contributed by atoms with Crippen LogP contribution >= 0.6 is 24.8 Å². The number of primary amides is 1. The number of thiol groups is 1. The van der Waals surface area contributed by atoms with Crippen molar-refractivity contribution in [3.05, 3.63) is 11.7 Å². The van der Waals surface area contributed by atoms with Gasteiger partial charge in [0.1, 0.15) is 0 Å². The Morgan fingerprint density at radius 2 is 1.65 bits per heavy atom. The minimum absolute atomic E-state index is 0.207. The van der Waals surface area contributed by atoms with Crippen LogP contribution in [0, 0.1) is 0 Å². The number of hydrogen-bond donors (Lipinski definition) is 2. The summed E-state index contributed by atoms with van der Waals surface area (Å²) in [4.78, 5) is 11.1. The van der Waals surface area contributed by atoms with Gasteiger partial charge in [0.05, 0.1) is 6.61 Å². The van der Waals surface area contributed by atoms with E-state index in [1.807, 2.05) is 18.7 Å². The number of carbonyl (C=O) groups is 1. The molecule has 0 saturated heterocycles. The van der Waals surface area contributed by atoms with Crippen molar-refractivity contribution in [2.24, 2.45) is 5.73 Å². The van der Waals surface area contributed by atoms with E-state index in [0.29, 0.717) is 18.2 Å². The zero-order valence-corrected chi connectivity index (χ0v) is 15.8. The average molecular weight is 371 g/mol. The Bertz CT molecular complexity index is 368. The van der Waals surface area contributed by atoms with E-state index >= 15 is 0 Å². The predicted octanol–water partition coefficient (Wildman–Crippen LogP) is 4.75. The molecule has 0 radical (unpaired) electrons. The highest BCUT2D eigenvalue weighted by molar-refractivity contribution is 7.96. The first kappa shape index (κ1) is 24.4. The molecule has 0 spiro atoms. The molecule has 136 valence electrons. The number of ether oxygens (including phenoxy) is 1. The van der Waals surface area contributed by atoms with Crippen LogP contribution in [0.1, 0.15) is 52.9 Å². The van der Waals surface area contributed by atoms with Gasteiger partial charge >= 0.3 is 0 Å². The highest BCUT2D eigenvalue weighted by atomic mass is 32.1. The quantitative estimate of drug-likeness (QED) is 0.349. The molecule has 4 nitrogen and oxygen atoms in total. The number of rotatable bonds is 9. The smallest absolute Gasteiger partial charge is 0.273 e. The molecule has 0 atom stereocenters. The van der Waals surface area contributed by atoms with E-state index in [2.05, 4.69) is 18.4 Å². The van der Waals surface area contributed by atoms with Gasteiger partial charge in [-0.05, 0) is 57.8 Å². The lowest BCUT2D eigenvalue weighted by Gasteiger charge is -2.21. The molecule has 2 N–H and O–H groups in total. The van der Waals surface area contributed by atoms with Crippen molar-refractivity contribution in [1.29, 1.82) is 0 Å². The Hall–Kier alpha value is -0.890. The monoisotopic (exact) mass is 370 g/mol. The third kappa shape index (κ3) is 17.3. The van der Waals surface area contributed by atoms with Gasteiger partial charge in [-0.3, -0.25) is 4.79 Å². The summed E-state index contributed by atoms with van der Waals surface area (Å²) in [5.74, 6) is 0.